The van der Waals surface area contributed by atoms with E-state index in [1.807, 2.05) is 71.9 Å². The van der Waals surface area contributed by atoms with Gasteiger partial charge in [0.15, 0.2) is 6.10 Å². The third kappa shape index (κ3) is 5.84. The number of esters is 1. The minimum absolute atomic E-state index is 0.174. The molecule has 3 rings (SSSR count). The molecule has 0 radical (unpaired) electrons. The van der Waals surface area contributed by atoms with E-state index in [0.717, 1.165) is 43.4 Å². The average molecular weight is 510 g/mol. The second-order valence-electron chi connectivity index (χ2n) is 9.34. The summed E-state index contributed by atoms with van der Waals surface area (Å²) in [5.74, 6) is -0.439. The molecular weight excluding hydrogens is 478 g/mol. The van der Waals surface area contributed by atoms with Gasteiger partial charge >= 0.3 is 5.97 Å². The topological polar surface area (TPSA) is 61.5 Å². The summed E-state index contributed by atoms with van der Waals surface area (Å²) in [7, 11) is 0. The minimum atomic E-state index is -0.931. The number of carbonyl (C=O) groups excluding carboxylic acids is 1. The first kappa shape index (κ1) is 25.0. The molecule has 0 heterocycles. The lowest BCUT2D eigenvalue weighted by molar-refractivity contribution is -0.168. The minimum Gasteiger partial charge on any atom is -0.459 e. The first-order valence-corrected chi connectivity index (χ1v) is 11.8. The van der Waals surface area contributed by atoms with Crippen molar-refractivity contribution in [3.8, 4) is 11.1 Å². The molecule has 0 unspecified atom stereocenters. The smallest absolute Gasteiger partial charge is 0.340 e. The van der Waals surface area contributed by atoms with Crippen molar-refractivity contribution in [2.75, 3.05) is 5.73 Å². The third-order valence-electron chi connectivity index (χ3n) is 5.53. The van der Waals surface area contributed by atoms with Crippen molar-refractivity contribution < 1.29 is 14.3 Å². The Labute approximate surface area is 205 Å². The molecule has 1 atom stereocenters. The Balaban J connectivity index is 2.16. The lowest BCUT2D eigenvalue weighted by atomic mass is 9.87. The quantitative estimate of drug-likeness (QED) is 0.281. The van der Waals surface area contributed by atoms with Gasteiger partial charge < -0.3 is 15.2 Å². The van der Waals surface area contributed by atoms with Crippen LogP contribution in [-0.2, 0) is 20.9 Å². The summed E-state index contributed by atoms with van der Waals surface area (Å²) in [6.07, 6.45) is -0.931. The van der Waals surface area contributed by atoms with Crippen LogP contribution < -0.4 is 5.73 Å². The first-order chi connectivity index (χ1) is 15.5. The molecule has 0 fully saturated rings. The van der Waals surface area contributed by atoms with Crippen LogP contribution in [0.4, 0.5) is 5.69 Å². The van der Waals surface area contributed by atoms with Crippen molar-refractivity contribution in [1.29, 1.82) is 0 Å². The Hall–Kier alpha value is -2.63. The third-order valence-corrected chi connectivity index (χ3v) is 6.55. The molecule has 3 aromatic carbocycles. The van der Waals surface area contributed by atoms with Crippen molar-refractivity contribution >= 4 is 27.6 Å². The zero-order valence-electron chi connectivity index (χ0n) is 20.2. The highest BCUT2D eigenvalue weighted by atomic mass is 79.9. The molecule has 0 amide bonds. The highest BCUT2D eigenvalue weighted by Gasteiger charge is 2.34. The molecule has 4 nitrogen and oxygen atoms in total. The zero-order chi connectivity index (χ0) is 24.3. The number of nitrogen functional groups attached to an aromatic ring is 1. The second kappa shape index (κ2) is 10.1. The van der Waals surface area contributed by atoms with Gasteiger partial charge in [0.25, 0.3) is 0 Å². The van der Waals surface area contributed by atoms with Crippen LogP contribution in [0.3, 0.4) is 0 Å². The number of nitrogens with two attached hydrogens (primary N) is 1. The Morgan fingerprint density at radius 2 is 1.58 bits per heavy atom. The van der Waals surface area contributed by atoms with E-state index in [1.54, 1.807) is 0 Å². The maximum atomic E-state index is 13.5. The molecule has 0 bridgehead atoms. The molecule has 2 N–H and O–H groups in total. The molecule has 0 aliphatic carbocycles. The van der Waals surface area contributed by atoms with Crippen LogP contribution in [0, 0.1) is 20.8 Å². The van der Waals surface area contributed by atoms with Gasteiger partial charge in [-0.15, -0.1) is 0 Å². The maximum absolute atomic E-state index is 13.5. The molecule has 0 spiro atoms. The van der Waals surface area contributed by atoms with E-state index in [1.165, 1.54) is 0 Å². The number of anilines is 1. The number of hydrogen-bond donors (Lipinski definition) is 1. The monoisotopic (exact) mass is 509 g/mol. The summed E-state index contributed by atoms with van der Waals surface area (Å²) in [6, 6.07) is 17.9. The number of hydrogen-bond acceptors (Lipinski definition) is 4. The van der Waals surface area contributed by atoms with Crippen molar-refractivity contribution in [3.05, 3.63) is 86.9 Å². The maximum Gasteiger partial charge on any atom is 0.340 e. The molecule has 0 aliphatic heterocycles. The zero-order valence-corrected chi connectivity index (χ0v) is 21.7. The summed E-state index contributed by atoms with van der Waals surface area (Å²) in [5.41, 5.74) is 13.0. The van der Waals surface area contributed by atoms with Gasteiger partial charge in [-0.1, -0.05) is 60.2 Å². The number of rotatable bonds is 6. The van der Waals surface area contributed by atoms with E-state index < -0.39 is 17.7 Å². The van der Waals surface area contributed by atoms with Crippen molar-refractivity contribution in [1.82, 2.24) is 0 Å². The van der Waals surface area contributed by atoms with E-state index in [9.17, 15) is 4.79 Å². The Morgan fingerprint density at radius 1 is 0.970 bits per heavy atom. The van der Waals surface area contributed by atoms with Crippen LogP contribution in [0.5, 0.6) is 0 Å². The molecule has 174 valence electrons. The lowest BCUT2D eigenvalue weighted by Crippen LogP contribution is -2.30. The van der Waals surface area contributed by atoms with Gasteiger partial charge in [-0.2, -0.15) is 0 Å². The van der Waals surface area contributed by atoms with Gasteiger partial charge in [-0.25, -0.2) is 4.79 Å². The standard InChI is InChI=1S/C28H32BrNO3/c1-17-12-14-21(15-13-17)22-18(2)24(29)25(30)19(3)23(22)26(33-28(4,5)6)27(31)32-16-20-10-8-7-9-11-20/h7-15,26H,16,30H2,1-6H3/t26-/m0/s1. The van der Waals surface area contributed by atoms with Gasteiger partial charge in [0, 0.05) is 15.7 Å². The molecule has 0 aliphatic rings. The molecule has 3 aromatic rings. The number of ether oxygens (including phenoxy) is 2. The molecule has 0 saturated heterocycles. The summed E-state index contributed by atoms with van der Waals surface area (Å²) in [6.45, 7) is 11.9. The van der Waals surface area contributed by atoms with Crippen LogP contribution in [0.15, 0.2) is 59.1 Å². The second-order valence-corrected chi connectivity index (χ2v) is 10.1. The first-order valence-electron chi connectivity index (χ1n) is 11.0. The number of halogens is 1. The summed E-state index contributed by atoms with van der Waals surface area (Å²) in [5, 5.41) is 0. The van der Waals surface area contributed by atoms with Crippen molar-refractivity contribution in [3.63, 3.8) is 0 Å². The average Bonchev–Trinajstić information content (AvgIpc) is 2.78. The van der Waals surface area contributed by atoms with E-state index >= 15 is 0 Å². The van der Waals surface area contributed by atoms with Crippen molar-refractivity contribution in [2.45, 2.75) is 59.9 Å². The van der Waals surface area contributed by atoms with Gasteiger partial charge in [0.05, 0.1) is 5.60 Å². The van der Waals surface area contributed by atoms with E-state index in [0.29, 0.717) is 5.69 Å². The number of aryl methyl sites for hydroxylation is 1. The Morgan fingerprint density at radius 3 is 2.15 bits per heavy atom. The summed E-state index contributed by atoms with van der Waals surface area (Å²) in [4.78, 5) is 13.5. The van der Waals surface area contributed by atoms with E-state index in [2.05, 4.69) is 40.2 Å². The molecule has 33 heavy (non-hydrogen) atoms. The van der Waals surface area contributed by atoms with Crippen molar-refractivity contribution in [2.24, 2.45) is 0 Å². The largest absolute Gasteiger partial charge is 0.459 e. The van der Waals surface area contributed by atoms with Crippen LogP contribution in [-0.4, -0.2) is 11.6 Å². The van der Waals surface area contributed by atoms with E-state index in [-0.39, 0.29) is 6.61 Å². The fraction of sp³-hybridized carbons (Fsp3) is 0.321. The van der Waals surface area contributed by atoms with Gasteiger partial charge in [0.2, 0.25) is 0 Å². The van der Waals surface area contributed by atoms with Crippen LogP contribution in [0.25, 0.3) is 11.1 Å². The Kier molecular flexibility index (Phi) is 7.65. The predicted octanol–water partition coefficient (Wildman–Crippen LogP) is 7.22. The summed E-state index contributed by atoms with van der Waals surface area (Å²) >= 11 is 3.65. The van der Waals surface area contributed by atoms with Crippen LogP contribution in [0.2, 0.25) is 0 Å². The van der Waals surface area contributed by atoms with Gasteiger partial charge in [-0.05, 0) is 85.3 Å². The van der Waals surface area contributed by atoms with Crippen LogP contribution in [0.1, 0.15) is 54.7 Å². The van der Waals surface area contributed by atoms with Gasteiger partial charge in [0.1, 0.15) is 6.61 Å². The van der Waals surface area contributed by atoms with E-state index in [4.69, 9.17) is 15.2 Å². The van der Waals surface area contributed by atoms with Crippen LogP contribution >= 0.6 is 15.9 Å². The predicted molar refractivity (Wildman–Crippen MR) is 138 cm³/mol. The fourth-order valence-corrected chi connectivity index (χ4v) is 4.31. The molecule has 0 saturated carbocycles. The normalized spacial score (nSPS) is 12.5. The highest BCUT2D eigenvalue weighted by molar-refractivity contribution is 9.10. The summed E-state index contributed by atoms with van der Waals surface area (Å²) < 4.78 is 12.9. The Bertz CT molecular complexity index is 1130. The lowest BCUT2D eigenvalue weighted by Gasteiger charge is -2.30. The highest BCUT2D eigenvalue weighted by Crippen LogP contribution is 2.44. The SMILES string of the molecule is Cc1ccc(-c2c(C)c(Br)c(N)c(C)c2[C@H](OC(C)(C)C)C(=O)OCc2ccccc2)cc1. The molecular formula is C28H32BrNO3. The molecule has 5 heteroatoms. The van der Waals surface area contributed by atoms with Gasteiger partial charge in [-0.3, -0.25) is 0 Å². The number of carbonyl (C=O) groups is 1. The fourth-order valence-electron chi connectivity index (χ4n) is 3.81. The molecule has 0 aromatic heterocycles. The number of benzene rings is 3.